The van der Waals surface area contributed by atoms with E-state index < -0.39 is 16.4 Å². The van der Waals surface area contributed by atoms with E-state index in [9.17, 15) is 13.2 Å². The van der Waals surface area contributed by atoms with Crippen LogP contribution in [0.5, 0.6) is 0 Å². The highest BCUT2D eigenvalue weighted by atomic mass is 32.2. The third-order valence-corrected chi connectivity index (χ3v) is 7.33. The molecule has 0 bridgehead atoms. The van der Waals surface area contributed by atoms with Gasteiger partial charge in [-0.3, -0.25) is 9.69 Å². The number of nitrogens with zero attached hydrogens (tertiary/aromatic N) is 2. The third-order valence-electron chi connectivity index (χ3n) is 5.45. The molecule has 3 rings (SSSR count). The van der Waals surface area contributed by atoms with Crippen LogP contribution >= 0.6 is 0 Å². The van der Waals surface area contributed by atoms with Crippen LogP contribution in [0.3, 0.4) is 0 Å². The number of carbonyl (C=O) groups is 1. The molecular weight excluding hydrogens is 344 g/mol. The molecule has 2 saturated heterocycles. The summed E-state index contributed by atoms with van der Waals surface area (Å²) in [5, 5.41) is 0. The molecule has 2 aliphatic heterocycles. The number of likely N-dealkylation sites (tertiary alicyclic amines) is 1. The lowest BCUT2D eigenvalue weighted by Gasteiger charge is -2.38. The average Bonchev–Trinajstić information content (AvgIpc) is 3.23. The largest absolute Gasteiger partial charge is 0.466 e. The Kier molecular flexibility index (Phi) is 6.35. The zero-order valence-electron chi connectivity index (χ0n) is 15.1. The summed E-state index contributed by atoms with van der Waals surface area (Å²) in [6, 6.07) is 0. The molecule has 0 amide bonds. The first-order valence-electron chi connectivity index (χ1n) is 9.57. The van der Waals surface area contributed by atoms with Gasteiger partial charge in [-0.15, -0.1) is 0 Å². The summed E-state index contributed by atoms with van der Waals surface area (Å²) < 4.78 is 37.7. The van der Waals surface area contributed by atoms with E-state index in [4.69, 9.17) is 9.47 Å². The molecule has 7 nitrogen and oxygen atoms in total. The van der Waals surface area contributed by atoms with Crippen molar-refractivity contribution >= 4 is 16.0 Å². The van der Waals surface area contributed by atoms with E-state index in [1.165, 1.54) is 0 Å². The number of ether oxygens (including phenoxy) is 2. The van der Waals surface area contributed by atoms with Gasteiger partial charge >= 0.3 is 5.97 Å². The molecule has 0 aromatic carbocycles. The van der Waals surface area contributed by atoms with Crippen molar-refractivity contribution in [2.45, 2.75) is 64.3 Å². The Hall–Kier alpha value is -0.700. The van der Waals surface area contributed by atoms with Gasteiger partial charge < -0.3 is 9.47 Å². The lowest BCUT2D eigenvalue weighted by Crippen LogP contribution is -2.51. The standard InChI is InChI=1S/C17H30N2O5S/c1-2-23-16(20)14-6-8-15(9-7-14)24-17(18-10-3-4-11-18)19-12-5-13-25(19,21)22/h14-15,17H,2-13H2,1H3/t14-,15-,17?. The number of rotatable bonds is 6. The Balaban J connectivity index is 1.61. The van der Waals surface area contributed by atoms with E-state index >= 15 is 0 Å². The second-order valence-electron chi connectivity index (χ2n) is 7.21. The molecule has 0 radical (unpaired) electrons. The summed E-state index contributed by atoms with van der Waals surface area (Å²) in [5.41, 5.74) is 0. The number of carbonyl (C=O) groups excluding carboxylic acids is 1. The van der Waals surface area contributed by atoms with E-state index in [-0.39, 0.29) is 23.7 Å². The van der Waals surface area contributed by atoms with Crippen LogP contribution in [0.1, 0.15) is 51.9 Å². The van der Waals surface area contributed by atoms with Crippen molar-refractivity contribution in [2.75, 3.05) is 32.0 Å². The molecule has 3 fully saturated rings. The van der Waals surface area contributed by atoms with Crippen LogP contribution in [-0.4, -0.2) is 68.0 Å². The van der Waals surface area contributed by atoms with Gasteiger partial charge in [0, 0.05) is 19.6 Å². The van der Waals surface area contributed by atoms with Crippen LogP contribution in [0.4, 0.5) is 0 Å². The SMILES string of the molecule is CCOC(=O)[C@H]1CC[C@H](OC(N2CCCC2)N2CCCS2(=O)=O)CC1. The van der Waals surface area contributed by atoms with Crippen molar-refractivity contribution in [2.24, 2.45) is 5.92 Å². The Labute approximate surface area is 150 Å². The maximum absolute atomic E-state index is 12.4. The molecule has 2 heterocycles. The van der Waals surface area contributed by atoms with Crippen LogP contribution in [0.25, 0.3) is 0 Å². The molecule has 3 aliphatic rings. The van der Waals surface area contributed by atoms with Gasteiger partial charge in [0.05, 0.1) is 24.4 Å². The summed E-state index contributed by atoms with van der Waals surface area (Å²) in [7, 11) is -3.21. The van der Waals surface area contributed by atoms with E-state index in [1.54, 1.807) is 4.31 Å². The van der Waals surface area contributed by atoms with Crippen molar-refractivity contribution in [1.82, 2.24) is 9.21 Å². The zero-order chi connectivity index (χ0) is 17.9. The van der Waals surface area contributed by atoms with Crippen LogP contribution < -0.4 is 0 Å². The lowest BCUT2D eigenvalue weighted by atomic mass is 9.87. The van der Waals surface area contributed by atoms with Gasteiger partial charge in [-0.05, 0) is 51.9 Å². The highest BCUT2D eigenvalue weighted by molar-refractivity contribution is 7.89. The summed E-state index contributed by atoms with van der Waals surface area (Å²) in [4.78, 5) is 14.0. The minimum absolute atomic E-state index is 0.00655. The van der Waals surface area contributed by atoms with Gasteiger partial charge in [-0.25, -0.2) is 8.42 Å². The van der Waals surface area contributed by atoms with Crippen LogP contribution in [0, 0.1) is 5.92 Å². The summed E-state index contributed by atoms with van der Waals surface area (Å²) in [6.45, 7) is 4.55. The molecule has 8 heteroatoms. The van der Waals surface area contributed by atoms with Crippen molar-refractivity contribution in [3.8, 4) is 0 Å². The summed E-state index contributed by atoms with van der Waals surface area (Å²) in [6.07, 6.45) is 5.44. The highest BCUT2D eigenvalue weighted by Gasteiger charge is 2.41. The van der Waals surface area contributed by atoms with Crippen LogP contribution in [-0.2, 0) is 24.3 Å². The molecule has 144 valence electrons. The molecule has 0 aromatic heterocycles. The molecule has 1 unspecified atom stereocenters. The first kappa shape index (κ1) is 19.1. The summed E-state index contributed by atoms with van der Waals surface area (Å²) >= 11 is 0. The molecule has 1 atom stereocenters. The Bertz CT molecular complexity index is 553. The Morgan fingerprint density at radius 1 is 1.08 bits per heavy atom. The molecule has 25 heavy (non-hydrogen) atoms. The minimum Gasteiger partial charge on any atom is -0.466 e. The number of sulfonamides is 1. The number of hydrogen-bond donors (Lipinski definition) is 0. The maximum Gasteiger partial charge on any atom is 0.308 e. The molecular formula is C17H30N2O5S. The first-order valence-corrected chi connectivity index (χ1v) is 11.2. The number of esters is 1. The fraction of sp³-hybridized carbons (Fsp3) is 0.941. The average molecular weight is 375 g/mol. The van der Waals surface area contributed by atoms with Crippen LogP contribution in [0.15, 0.2) is 0 Å². The Morgan fingerprint density at radius 2 is 1.76 bits per heavy atom. The molecule has 1 aliphatic carbocycles. The van der Waals surface area contributed by atoms with E-state index in [0.717, 1.165) is 51.6 Å². The van der Waals surface area contributed by atoms with Crippen LogP contribution in [0.2, 0.25) is 0 Å². The fourth-order valence-corrected chi connectivity index (χ4v) is 5.67. The van der Waals surface area contributed by atoms with Gasteiger partial charge in [0.1, 0.15) is 0 Å². The Morgan fingerprint density at radius 3 is 2.32 bits per heavy atom. The predicted molar refractivity (Wildman–Crippen MR) is 93.2 cm³/mol. The van der Waals surface area contributed by atoms with E-state index in [1.807, 2.05) is 6.92 Å². The van der Waals surface area contributed by atoms with Gasteiger partial charge in [-0.2, -0.15) is 4.31 Å². The van der Waals surface area contributed by atoms with Crippen molar-refractivity contribution in [3.05, 3.63) is 0 Å². The first-order chi connectivity index (χ1) is 12.0. The molecule has 0 N–H and O–H groups in total. The fourth-order valence-electron chi connectivity index (χ4n) is 4.07. The normalized spacial score (nSPS) is 31.9. The second kappa shape index (κ2) is 8.33. The monoisotopic (exact) mass is 374 g/mol. The highest BCUT2D eigenvalue weighted by Crippen LogP contribution is 2.31. The van der Waals surface area contributed by atoms with Gasteiger partial charge in [0.2, 0.25) is 10.0 Å². The van der Waals surface area contributed by atoms with Crippen molar-refractivity contribution in [1.29, 1.82) is 0 Å². The predicted octanol–water partition coefficient (Wildman–Crippen LogP) is 1.54. The van der Waals surface area contributed by atoms with Crippen molar-refractivity contribution < 1.29 is 22.7 Å². The minimum atomic E-state index is -3.21. The third kappa shape index (κ3) is 4.53. The smallest absolute Gasteiger partial charge is 0.308 e. The number of hydrogen-bond acceptors (Lipinski definition) is 6. The van der Waals surface area contributed by atoms with E-state index in [2.05, 4.69) is 4.90 Å². The van der Waals surface area contributed by atoms with E-state index in [0.29, 0.717) is 19.6 Å². The van der Waals surface area contributed by atoms with Gasteiger partial charge in [-0.1, -0.05) is 0 Å². The molecule has 0 spiro atoms. The van der Waals surface area contributed by atoms with Gasteiger partial charge in [0.15, 0.2) is 6.35 Å². The van der Waals surface area contributed by atoms with Crippen molar-refractivity contribution in [3.63, 3.8) is 0 Å². The lowest BCUT2D eigenvalue weighted by molar-refractivity contribution is -0.162. The maximum atomic E-state index is 12.4. The summed E-state index contributed by atoms with van der Waals surface area (Å²) in [5.74, 6) is 0.0655. The molecule has 0 aromatic rings. The van der Waals surface area contributed by atoms with Gasteiger partial charge in [0.25, 0.3) is 0 Å². The quantitative estimate of drug-likeness (QED) is 0.657. The zero-order valence-corrected chi connectivity index (χ0v) is 15.9. The topological polar surface area (TPSA) is 76.2 Å². The molecule has 1 saturated carbocycles. The second-order valence-corrected chi connectivity index (χ2v) is 9.25.